The summed E-state index contributed by atoms with van der Waals surface area (Å²) in [6, 6.07) is 3.26. The van der Waals surface area contributed by atoms with E-state index in [0.717, 1.165) is 12.8 Å². The standard InChI is InChI=1S/C17H19ClN4O3/c1-2-25-17(24)13-9-12(18)10-19-15(13)11-4-7-22(8-5-11)16(23)14-3-6-20-21-14/h3,6,9-11H,2,4-5,7-8H2,1H3,(H,20,21). The Hall–Kier alpha value is -2.41. The number of halogens is 1. The molecule has 0 spiro atoms. The molecule has 132 valence electrons. The molecule has 1 aliphatic rings. The number of ether oxygens (including phenoxy) is 1. The summed E-state index contributed by atoms with van der Waals surface area (Å²) in [5, 5.41) is 6.90. The van der Waals surface area contributed by atoms with E-state index >= 15 is 0 Å². The normalized spacial score (nSPS) is 15.2. The average molecular weight is 363 g/mol. The number of rotatable bonds is 4. The molecule has 1 aliphatic heterocycles. The Bertz CT molecular complexity index is 755. The fraction of sp³-hybridized carbons (Fsp3) is 0.412. The molecule has 1 fully saturated rings. The van der Waals surface area contributed by atoms with Gasteiger partial charge in [0.25, 0.3) is 5.91 Å². The van der Waals surface area contributed by atoms with Crippen LogP contribution >= 0.6 is 11.6 Å². The molecular weight excluding hydrogens is 344 g/mol. The molecule has 3 rings (SSSR count). The fourth-order valence-corrected chi connectivity index (χ4v) is 3.21. The summed E-state index contributed by atoms with van der Waals surface area (Å²) in [6.45, 7) is 3.24. The lowest BCUT2D eigenvalue weighted by Gasteiger charge is -2.32. The topological polar surface area (TPSA) is 88.2 Å². The number of esters is 1. The number of piperidine rings is 1. The highest BCUT2D eigenvalue weighted by Gasteiger charge is 2.29. The smallest absolute Gasteiger partial charge is 0.340 e. The van der Waals surface area contributed by atoms with Crippen molar-refractivity contribution in [1.82, 2.24) is 20.1 Å². The quantitative estimate of drug-likeness (QED) is 0.845. The molecule has 0 saturated carbocycles. The van der Waals surface area contributed by atoms with Crippen molar-refractivity contribution >= 4 is 23.5 Å². The van der Waals surface area contributed by atoms with E-state index < -0.39 is 5.97 Å². The molecule has 1 amide bonds. The SMILES string of the molecule is CCOC(=O)c1cc(Cl)cnc1C1CCN(C(=O)c2ccn[nH]2)CC1. The highest BCUT2D eigenvalue weighted by molar-refractivity contribution is 6.30. The zero-order valence-corrected chi connectivity index (χ0v) is 14.6. The van der Waals surface area contributed by atoms with Crippen molar-refractivity contribution in [3.8, 4) is 0 Å². The lowest BCUT2D eigenvalue weighted by molar-refractivity contribution is 0.0521. The van der Waals surface area contributed by atoms with Crippen molar-refractivity contribution in [1.29, 1.82) is 0 Å². The number of nitrogens with one attached hydrogen (secondary N) is 1. The van der Waals surface area contributed by atoms with Crippen LogP contribution in [-0.2, 0) is 4.74 Å². The van der Waals surface area contributed by atoms with Crippen LogP contribution in [0.3, 0.4) is 0 Å². The lowest BCUT2D eigenvalue weighted by atomic mass is 9.90. The number of aromatic amines is 1. The number of hydrogen-bond donors (Lipinski definition) is 1. The van der Waals surface area contributed by atoms with E-state index in [1.807, 2.05) is 0 Å². The van der Waals surface area contributed by atoms with Gasteiger partial charge in [-0.2, -0.15) is 5.10 Å². The molecule has 2 aromatic rings. The van der Waals surface area contributed by atoms with Gasteiger partial charge >= 0.3 is 5.97 Å². The molecule has 7 nitrogen and oxygen atoms in total. The van der Waals surface area contributed by atoms with Crippen molar-refractivity contribution < 1.29 is 14.3 Å². The predicted molar refractivity (Wildman–Crippen MR) is 91.7 cm³/mol. The Kier molecular flexibility index (Phi) is 5.33. The van der Waals surface area contributed by atoms with Crippen molar-refractivity contribution in [2.45, 2.75) is 25.7 Å². The minimum absolute atomic E-state index is 0.0642. The van der Waals surface area contributed by atoms with Gasteiger partial charge in [0, 0.05) is 31.4 Å². The van der Waals surface area contributed by atoms with E-state index in [1.165, 1.54) is 0 Å². The minimum Gasteiger partial charge on any atom is -0.462 e. The molecule has 0 atom stereocenters. The van der Waals surface area contributed by atoms with Gasteiger partial charge in [-0.15, -0.1) is 0 Å². The van der Waals surface area contributed by atoms with E-state index in [9.17, 15) is 9.59 Å². The number of likely N-dealkylation sites (tertiary alicyclic amines) is 1. The third kappa shape index (κ3) is 3.82. The van der Waals surface area contributed by atoms with Crippen LogP contribution in [0, 0.1) is 0 Å². The molecule has 0 unspecified atom stereocenters. The summed E-state index contributed by atoms with van der Waals surface area (Å²) in [4.78, 5) is 30.7. The van der Waals surface area contributed by atoms with Crippen LogP contribution in [0.15, 0.2) is 24.5 Å². The monoisotopic (exact) mass is 362 g/mol. The average Bonchev–Trinajstić information content (AvgIpc) is 3.16. The molecule has 1 N–H and O–H groups in total. The maximum atomic E-state index is 12.4. The summed E-state index contributed by atoms with van der Waals surface area (Å²) in [7, 11) is 0. The number of aromatic nitrogens is 3. The molecule has 25 heavy (non-hydrogen) atoms. The Morgan fingerprint density at radius 2 is 2.16 bits per heavy atom. The number of pyridine rings is 1. The van der Waals surface area contributed by atoms with Gasteiger partial charge in [0.05, 0.1) is 22.9 Å². The minimum atomic E-state index is -0.413. The van der Waals surface area contributed by atoms with Crippen LogP contribution < -0.4 is 0 Å². The first-order valence-electron chi connectivity index (χ1n) is 8.21. The first kappa shape index (κ1) is 17.4. The maximum Gasteiger partial charge on any atom is 0.340 e. The predicted octanol–water partition coefficient (Wildman–Crippen LogP) is 2.65. The van der Waals surface area contributed by atoms with Gasteiger partial charge in [-0.25, -0.2) is 4.79 Å². The second-order valence-corrected chi connectivity index (χ2v) is 6.28. The number of amides is 1. The molecule has 3 heterocycles. The van der Waals surface area contributed by atoms with Crippen LogP contribution in [0.5, 0.6) is 0 Å². The Balaban J connectivity index is 1.72. The maximum absolute atomic E-state index is 12.4. The fourth-order valence-electron chi connectivity index (χ4n) is 3.05. The third-order valence-corrected chi connectivity index (χ3v) is 4.49. The second kappa shape index (κ2) is 7.65. The van der Waals surface area contributed by atoms with Crippen molar-refractivity contribution in [3.63, 3.8) is 0 Å². The number of carbonyl (C=O) groups is 2. The van der Waals surface area contributed by atoms with Crippen LogP contribution in [0.25, 0.3) is 0 Å². The van der Waals surface area contributed by atoms with E-state index in [1.54, 1.807) is 36.4 Å². The van der Waals surface area contributed by atoms with Gasteiger partial charge in [0.1, 0.15) is 5.69 Å². The Morgan fingerprint density at radius 3 is 2.80 bits per heavy atom. The Labute approximate surface area is 150 Å². The van der Waals surface area contributed by atoms with Crippen LogP contribution in [0.4, 0.5) is 0 Å². The summed E-state index contributed by atoms with van der Waals surface area (Å²) >= 11 is 5.99. The zero-order chi connectivity index (χ0) is 17.8. The van der Waals surface area contributed by atoms with E-state index in [4.69, 9.17) is 16.3 Å². The van der Waals surface area contributed by atoms with Crippen molar-refractivity contribution in [3.05, 3.63) is 46.5 Å². The van der Waals surface area contributed by atoms with Gasteiger partial charge < -0.3 is 9.64 Å². The van der Waals surface area contributed by atoms with Gasteiger partial charge in [-0.1, -0.05) is 11.6 Å². The summed E-state index contributed by atoms with van der Waals surface area (Å²) in [5.41, 5.74) is 1.58. The van der Waals surface area contributed by atoms with Gasteiger partial charge in [-0.3, -0.25) is 14.9 Å². The molecule has 8 heteroatoms. The van der Waals surface area contributed by atoms with Gasteiger partial charge in [-0.05, 0) is 31.9 Å². The van der Waals surface area contributed by atoms with Crippen LogP contribution in [0.1, 0.15) is 52.2 Å². The molecule has 0 radical (unpaired) electrons. The number of carbonyl (C=O) groups excluding carboxylic acids is 2. The Morgan fingerprint density at radius 1 is 1.40 bits per heavy atom. The third-order valence-electron chi connectivity index (χ3n) is 4.28. The second-order valence-electron chi connectivity index (χ2n) is 5.84. The summed E-state index contributed by atoms with van der Waals surface area (Å²) in [6.07, 6.45) is 4.55. The molecule has 0 aliphatic carbocycles. The molecule has 0 bridgehead atoms. The highest BCUT2D eigenvalue weighted by Crippen LogP contribution is 2.31. The van der Waals surface area contributed by atoms with E-state index in [-0.39, 0.29) is 11.8 Å². The van der Waals surface area contributed by atoms with Crippen LogP contribution in [-0.4, -0.2) is 51.7 Å². The number of nitrogens with zero attached hydrogens (tertiary/aromatic N) is 3. The summed E-state index contributed by atoms with van der Waals surface area (Å²) < 4.78 is 5.11. The number of H-pyrrole nitrogens is 1. The summed E-state index contributed by atoms with van der Waals surface area (Å²) in [5.74, 6) is -0.392. The largest absolute Gasteiger partial charge is 0.462 e. The molecule has 0 aromatic carbocycles. The zero-order valence-electron chi connectivity index (χ0n) is 13.9. The molecule has 2 aromatic heterocycles. The van der Waals surface area contributed by atoms with Crippen molar-refractivity contribution in [2.24, 2.45) is 0 Å². The van der Waals surface area contributed by atoms with E-state index in [2.05, 4.69) is 15.2 Å². The first-order chi connectivity index (χ1) is 12.1. The molecule has 1 saturated heterocycles. The van der Waals surface area contributed by atoms with E-state index in [0.29, 0.717) is 41.7 Å². The van der Waals surface area contributed by atoms with Gasteiger partial charge in [0.15, 0.2) is 0 Å². The lowest BCUT2D eigenvalue weighted by Crippen LogP contribution is -2.38. The van der Waals surface area contributed by atoms with Crippen molar-refractivity contribution in [2.75, 3.05) is 19.7 Å². The first-order valence-corrected chi connectivity index (χ1v) is 8.59. The highest BCUT2D eigenvalue weighted by atomic mass is 35.5. The van der Waals surface area contributed by atoms with Crippen LogP contribution in [0.2, 0.25) is 5.02 Å². The molecular formula is C17H19ClN4O3. The van der Waals surface area contributed by atoms with Gasteiger partial charge in [0.2, 0.25) is 0 Å². The number of hydrogen-bond acceptors (Lipinski definition) is 5.